The van der Waals surface area contributed by atoms with E-state index in [2.05, 4.69) is 52.1 Å². The number of hydrogen-bond acceptors (Lipinski definition) is 6. The van der Waals surface area contributed by atoms with Crippen LogP contribution in [0.25, 0.3) is 11.4 Å². The maximum absolute atomic E-state index is 12.6. The molecule has 34 heavy (non-hydrogen) atoms. The Morgan fingerprint density at radius 3 is 2.53 bits per heavy atom. The molecule has 7 nitrogen and oxygen atoms in total. The number of carbonyl (C=O) groups is 1. The van der Waals surface area contributed by atoms with Crippen LogP contribution in [0.1, 0.15) is 44.2 Å². The van der Waals surface area contributed by atoms with E-state index in [1.54, 1.807) is 12.1 Å². The van der Waals surface area contributed by atoms with E-state index >= 15 is 0 Å². The van der Waals surface area contributed by atoms with E-state index in [1.165, 1.54) is 48.7 Å². The van der Waals surface area contributed by atoms with Crippen LogP contribution in [0, 0.1) is 12.8 Å². The highest BCUT2D eigenvalue weighted by molar-refractivity contribution is 7.99. The number of thioether (sulfide) groups is 1. The molecule has 1 amide bonds. The molecule has 1 aliphatic rings. The lowest BCUT2D eigenvalue weighted by atomic mass is 9.85. The standard InChI is InChI=1S/C25H30N4O3S2/c1-17-7-6-9-19(15-17)24-27-28-25(29(24)22-10-5-4-8-18(22)2)33-16-23(30)26-20-11-13-21(14-12-20)34(3,31)32/h6-7,9,11-15,18,22H,4-5,8,10,16H2,1-3H3,(H,26,30). The summed E-state index contributed by atoms with van der Waals surface area (Å²) in [6.45, 7) is 4.35. The van der Waals surface area contributed by atoms with Crippen molar-refractivity contribution < 1.29 is 13.2 Å². The van der Waals surface area contributed by atoms with Crippen molar-refractivity contribution in [3.8, 4) is 11.4 Å². The Labute approximate surface area is 205 Å². The van der Waals surface area contributed by atoms with Gasteiger partial charge in [-0.15, -0.1) is 10.2 Å². The van der Waals surface area contributed by atoms with E-state index in [9.17, 15) is 13.2 Å². The Morgan fingerprint density at radius 2 is 1.85 bits per heavy atom. The molecule has 3 aromatic rings. The van der Waals surface area contributed by atoms with E-state index in [1.807, 2.05) is 6.07 Å². The van der Waals surface area contributed by atoms with Crippen LogP contribution >= 0.6 is 11.8 Å². The number of carbonyl (C=O) groups excluding carboxylic acids is 1. The molecule has 1 N–H and O–H groups in total. The van der Waals surface area contributed by atoms with Crippen LogP contribution < -0.4 is 5.32 Å². The summed E-state index contributed by atoms with van der Waals surface area (Å²) in [6.07, 6.45) is 5.82. The molecule has 0 aliphatic heterocycles. The van der Waals surface area contributed by atoms with E-state index in [0.717, 1.165) is 29.2 Å². The Bertz CT molecular complexity index is 1270. The fourth-order valence-corrected chi connectivity index (χ4v) is 5.87. The van der Waals surface area contributed by atoms with Crippen molar-refractivity contribution in [2.75, 3.05) is 17.3 Å². The first-order valence-corrected chi connectivity index (χ1v) is 14.3. The number of hydrogen-bond donors (Lipinski definition) is 1. The molecule has 1 aliphatic carbocycles. The Morgan fingerprint density at radius 1 is 1.12 bits per heavy atom. The monoisotopic (exact) mass is 498 g/mol. The summed E-state index contributed by atoms with van der Waals surface area (Å²) in [4.78, 5) is 12.9. The van der Waals surface area contributed by atoms with Crippen molar-refractivity contribution >= 4 is 33.2 Å². The van der Waals surface area contributed by atoms with Crippen molar-refractivity contribution in [2.45, 2.75) is 55.6 Å². The van der Waals surface area contributed by atoms with Gasteiger partial charge in [-0.2, -0.15) is 0 Å². The lowest BCUT2D eigenvalue weighted by Gasteiger charge is -2.31. The number of amides is 1. The topological polar surface area (TPSA) is 94.0 Å². The SMILES string of the molecule is Cc1cccc(-c2nnc(SCC(=O)Nc3ccc(S(C)(=O)=O)cc3)n2C2CCCCC2C)c1. The average Bonchev–Trinajstić information content (AvgIpc) is 3.21. The number of sulfone groups is 1. The molecule has 9 heteroatoms. The zero-order valence-corrected chi connectivity index (χ0v) is 21.3. The number of anilines is 1. The molecule has 1 fully saturated rings. The molecular weight excluding hydrogens is 468 g/mol. The second kappa shape index (κ2) is 10.3. The second-order valence-electron chi connectivity index (χ2n) is 9.01. The first-order valence-electron chi connectivity index (χ1n) is 11.5. The maximum Gasteiger partial charge on any atom is 0.234 e. The third-order valence-electron chi connectivity index (χ3n) is 6.24. The maximum atomic E-state index is 12.6. The molecule has 2 aromatic carbocycles. The van der Waals surface area contributed by atoms with Gasteiger partial charge in [0.2, 0.25) is 5.91 Å². The molecule has 0 radical (unpaired) electrons. The molecule has 0 saturated heterocycles. The summed E-state index contributed by atoms with van der Waals surface area (Å²) >= 11 is 1.38. The molecule has 1 aromatic heterocycles. The first-order chi connectivity index (χ1) is 16.2. The summed E-state index contributed by atoms with van der Waals surface area (Å²) in [5.74, 6) is 1.36. The predicted molar refractivity (Wildman–Crippen MR) is 136 cm³/mol. The summed E-state index contributed by atoms with van der Waals surface area (Å²) < 4.78 is 25.5. The van der Waals surface area contributed by atoms with Gasteiger partial charge in [-0.1, -0.05) is 55.3 Å². The number of rotatable bonds is 7. The van der Waals surface area contributed by atoms with Crippen LogP contribution in [0.4, 0.5) is 5.69 Å². The number of nitrogens with one attached hydrogen (secondary N) is 1. The minimum absolute atomic E-state index is 0.180. The molecule has 1 heterocycles. The summed E-state index contributed by atoms with van der Waals surface area (Å²) in [6, 6.07) is 14.8. The van der Waals surface area contributed by atoms with E-state index < -0.39 is 9.84 Å². The average molecular weight is 499 g/mol. The molecule has 1 saturated carbocycles. The highest BCUT2D eigenvalue weighted by Crippen LogP contribution is 2.39. The van der Waals surface area contributed by atoms with Crippen molar-refractivity contribution in [3.63, 3.8) is 0 Å². The van der Waals surface area contributed by atoms with Crippen LogP contribution in [0.5, 0.6) is 0 Å². The van der Waals surface area contributed by atoms with Crippen molar-refractivity contribution in [1.29, 1.82) is 0 Å². The minimum Gasteiger partial charge on any atom is -0.325 e. The van der Waals surface area contributed by atoms with Gasteiger partial charge >= 0.3 is 0 Å². The highest BCUT2D eigenvalue weighted by Gasteiger charge is 2.29. The lowest BCUT2D eigenvalue weighted by molar-refractivity contribution is -0.113. The lowest BCUT2D eigenvalue weighted by Crippen LogP contribution is -2.23. The zero-order chi connectivity index (χ0) is 24.3. The second-order valence-corrected chi connectivity index (χ2v) is 12.0. The summed E-state index contributed by atoms with van der Waals surface area (Å²) in [5.41, 5.74) is 2.76. The van der Waals surface area contributed by atoms with Gasteiger partial charge in [-0.3, -0.25) is 9.36 Å². The Kier molecular flexibility index (Phi) is 7.42. The molecule has 0 spiro atoms. The van der Waals surface area contributed by atoms with Crippen LogP contribution in [-0.2, 0) is 14.6 Å². The van der Waals surface area contributed by atoms with E-state index in [-0.39, 0.29) is 16.6 Å². The number of aromatic nitrogens is 3. The normalized spacial score (nSPS) is 18.6. The van der Waals surface area contributed by atoms with Gasteiger partial charge in [0, 0.05) is 23.5 Å². The molecule has 4 rings (SSSR count). The molecular formula is C25H30N4O3S2. The molecule has 2 atom stereocenters. The zero-order valence-electron chi connectivity index (χ0n) is 19.7. The number of benzene rings is 2. The third-order valence-corrected chi connectivity index (χ3v) is 8.31. The Hall–Kier alpha value is -2.65. The van der Waals surface area contributed by atoms with Gasteiger partial charge in [0.1, 0.15) is 0 Å². The minimum atomic E-state index is -3.27. The fourth-order valence-electron chi connectivity index (χ4n) is 4.45. The van der Waals surface area contributed by atoms with Crippen molar-refractivity contribution in [3.05, 3.63) is 54.1 Å². The summed E-state index contributed by atoms with van der Waals surface area (Å²) in [5, 5.41) is 12.6. The molecule has 180 valence electrons. The summed E-state index contributed by atoms with van der Waals surface area (Å²) in [7, 11) is -3.27. The number of nitrogens with zero attached hydrogens (tertiary/aromatic N) is 3. The van der Waals surface area contributed by atoms with Gasteiger partial charge in [0.25, 0.3) is 0 Å². The van der Waals surface area contributed by atoms with Crippen LogP contribution in [0.3, 0.4) is 0 Å². The largest absolute Gasteiger partial charge is 0.325 e. The van der Waals surface area contributed by atoms with Gasteiger partial charge in [-0.25, -0.2) is 8.42 Å². The first kappa shape index (κ1) is 24.5. The quantitative estimate of drug-likeness (QED) is 0.454. The fraction of sp³-hybridized carbons (Fsp3) is 0.400. The van der Waals surface area contributed by atoms with Gasteiger partial charge in [0.05, 0.1) is 10.6 Å². The van der Waals surface area contributed by atoms with Crippen LogP contribution in [0.2, 0.25) is 0 Å². The van der Waals surface area contributed by atoms with Crippen LogP contribution in [-0.4, -0.2) is 41.1 Å². The molecule has 2 unspecified atom stereocenters. The molecule has 0 bridgehead atoms. The van der Waals surface area contributed by atoms with E-state index in [0.29, 0.717) is 17.6 Å². The predicted octanol–water partition coefficient (Wildman–Crippen LogP) is 5.14. The smallest absolute Gasteiger partial charge is 0.234 e. The van der Waals surface area contributed by atoms with Crippen LogP contribution in [0.15, 0.2) is 58.6 Å². The Balaban J connectivity index is 1.53. The van der Waals surface area contributed by atoms with E-state index in [4.69, 9.17) is 0 Å². The highest BCUT2D eigenvalue weighted by atomic mass is 32.2. The third kappa shape index (κ3) is 5.70. The number of aryl methyl sites for hydroxylation is 1. The van der Waals surface area contributed by atoms with Gasteiger partial charge in [-0.05, 0) is 56.0 Å². The van der Waals surface area contributed by atoms with Gasteiger partial charge < -0.3 is 5.32 Å². The van der Waals surface area contributed by atoms with Crippen molar-refractivity contribution in [2.24, 2.45) is 5.92 Å². The van der Waals surface area contributed by atoms with Crippen molar-refractivity contribution in [1.82, 2.24) is 14.8 Å². The van der Waals surface area contributed by atoms with Gasteiger partial charge in [0.15, 0.2) is 20.8 Å².